The Hall–Kier alpha value is 0.500. The van der Waals surface area contributed by atoms with Crippen LogP contribution in [0, 0.1) is 0 Å². The topological polar surface area (TPSA) is 17.1 Å². The summed E-state index contributed by atoms with van der Waals surface area (Å²) in [6, 6.07) is 0. The Bertz CT molecular complexity index is 68.1. The zero-order valence-corrected chi connectivity index (χ0v) is 7.84. The van der Waals surface area contributed by atoms with Crippen molar-refractivity contribution in [2.75, 3.05) is 11.1 Å². The second kappa shape index (κ2) is 8.50. The van der Waals surface area contributed by atoms with E-state index in [9.17, 15) is 4.21 Å². The van der Waals surface area contributed by atoms with Crippen LogP contribution in [0.15, 0.2) is 0 Å². The SMILES string of the molecule is O=[S+]CCCCCCBr. The van der Waals surface area contributed by atoms with Crippen molar-refractivity contribution in [3.63, 3.8) is 0 Å². The van der Waals surface area contributed by atoms with Gasteiger partial charge < -0.3 is 0 Å². The summed E-state index contributed by atoms with van der Waals surface area (Å²) in [6.45, 7) is 0. The fraction of sp³-hybridized carbons (Fsp3) is 1.00. The summed E-state index contributed by atoms with van der Waals surface area (Å²) in [5.41, 5.74) is 0. The van der Waals surface area contributed by atoms with E-state index in [0.717, 1.165) is 17.5 Å². The number of alkyl halides is 1. The van der Waals surface area contributed by atoms with Crippen molar-refractivity contribution in [2.45, 2.75) is 25.7 Å². The van der Waals surface area contributed by atoms with Gasteiger partial charge in [0, 0.05) is 16.0 Å². The summed E-state index contributed by atoms with van der Waals surface area (Å²) >= 11 is 4.05. The number of unbranched alkanes of at least 4 members (excludes halogenated alkanes) is 3. The third kappa shape index (κ3) is 8.50. The van der Waals surface area contributed by atoms with Gasteiger partial charge in [-0.3, -0.25) is 0 Å². The molecule has 9 heavy (non-hydrogen) atoms. The Labute approximate surface area is 68.8 Å². The summed E-state index contributed by atoms with van der Waals surface area (Å²) in [7, 11) is 0. The van der Waals surface area contributed by atoms with Crippen molar-refractivity contribution < 1.29 is 4.21 Å². The molecule has 0 aromatic heterocycles. The molecule has 1 nitrogen and oxygen atoms in total. The minimum Gasteiger partial charge on any atom is -0.0928 e. The molecule has 0 rings (SSSR count). The van der Waals surface area contributed by atoms with Gasteiger partial charge in [0.15, 0.2) is 0 Å². The molecular formula is C6H12BrOS+. The largest absolute Gasteiger partial charge is 0.458 e. The molecule has 0 aliphatic heterocycles. The second-order valence-corrected chi connectivity index (χ2v) is 3.36. The van der Waals surface area contributed by atoms with Gasteiger partial charge >= 0.3 is 11.7 Å². The lowest BCUT2D eigenvalue weighted by atomic mass is 10.2. The van der Waals surface area contributed by atoms with Crippen LogP contribution >= 0.6 is 15.9 Å². The van der Waals surface area contributed by atoms with Crippen molar-refractivity contribution >= 4 is 27.6 Å². The molecule has 0 aliphatic rings. The fourth-order valence-electron chi connectivity index (χ4n) is 0.609. The normalized spacial score (nSPS) is 9.44. The molecular weight excluding hydrogens is 200 g/mol. The van der Waals surface area contributed by atoms with Crippen LogP contribution in [-0.2, 0) is 15.9 Å². The summed E-state index contributed by atoms with van der Waals surface area (Å²) in [6.07, 6.45) is 4.79. The quantitative estimate of drug-likeness (QED) is 0.375. The van der Waals surface area contributed by atoms with Crippen LogP contribution in [0.1, 0.15) is 25.7 Å². The Morgan fingerprint density at radius 1 is 1.11 bits per heavy atom. The van der Waals surface area contributed by atoms with Crippen LogP contribution in [-0.4, -0.2) is 11.1 Å². The number of halogens is 1. The molecule has 0 amide bonds. The van der Waals surface area contributed by atoms with Crippen LogP contribution < -0.4 is 0 Å². The van der Waals surface area contributed by atoms with E-state index in [1.807, 2.05) is 0 Å². The summed E-state index contributed by atoms with van der Waals surface area (Å²) in [4.78, 5) is 0. The number of hydrogen-bond acceptors (Lipinski definition) is 1. The predicted molar refractivity (Wildman–Crippen MR) is 45.2 cm³/mol. The minimum absolute atomic E-state index is 0.698. The predicted octanol–water partition coefficient (Wildman–Crippen LogP) is 2.37. The smallest absolute Gasteiger partial charge is 0.0928 e. The van der Waals surface area contributed by atoms with Gasteiger partial charge in [-0.25, -0.2) is 0 Å². The summed E-state index contributed by atoms with van der Waals surface area (Å²) in [5, 5.41) is 1.09. The third-order valence-electron chi connectivity index (χ3n) is 1.11. The van der Waals surface area contributed by atoms with E-state index in [0.29, 0.717) is 11.7 Å². The van der Waals surface area contributed by atoms with E-state index in [-0.39, 0.29) is 0 Å². The van der Waals surface area contributed by atoms with Gasteiger partial charge in [0.1, 0.15) is 0 Å². The monoisotopic (exact) mass is 211 g/mol. The summed E-state index contributed by atoms with van der Waals surface area (Å²) < 4.78 is 9.87. The third-order valence-corrected chi connectivity index (χ3v) is 2.13. The molecule has 0 N–H and O–H groups in total. The second-order valence-electron chi connectivity index (χ2n) is 1.93. The molecule has 0 bridgehead atoms. The Balaban J connectivity index is 2.66. The molecule has 3 heteroatoms. The highest BCUT2D eigenvalue weighted by Crippen LogP contribution is 2.00. The molecule has 0 atom stereocenters. The highest BCUT2D eigenvalue weighted by molar-refractivity contribution is 9.09. The lowest BCUT2D eigenvalue weighted by Crippen LogP contribution is -1.82. The molecule has 0 aromatic rings. The van der Waals surface area contributed by atoms with Gasteiger partial charge in [0.25, 0.3) is 0 Å². The highest BCUT2D eigenvalue weighted by Gasteiger charge is 1.95. The zero-order chi connectivity index (χ0) is 6.95. The molecule has 0 saturated heterocycles. The molecule has 0 aromatic carbocycles. The van der Waals surface area contributed by atoms with Gasteiger partial charge in [-0.2, -0.15) is 0 Å². The van der Waals surface area contributed by atoms with Gasteiger partial charge in [0.05, 0.1) is 0 Å². The Kier molecular flexibility index (Phi) is 8.97. The maximum absolute atomic E-state index is 9.87. The van der Waals surface area contributed by atoms with Crippen LogP contribution in [0.4, 0.5) is 0 Å². The first-order valence-electron chi connectivity index (χ1n) is 3.22. The van der Waals surface area contributed by atoms with Crippen molar-refractivity contribution in [1.82, 2.24) is 0 Å². The average molecular weight is 212 g/mol. The first kappa shape index (κ1) is 9.50. The lowest BCUT2D eigenvalue weighted by Gasteiger charge is -1.89. The molecule has 0 fully saturated rings. The van der Waals surface area contributed by atoms with Crippen molar-refractivity contribution in [3.05, 3.63) is 0 Å². The van der Waals surface area contributed by atoms with Crippen molar-refractivity contribution in [2.24, 2.45) is 0 Å². The first-order valence-corrected chi connectivity index (χ1v) is 5.25. The molecule has 0 radical (unpaired) electrons. The van der Waals surface area contributed by atoms with Crippen LogP contribution in [0.25, 0.3) is 0 Å². The maximum atomic E-state index is 9.87. The standard InChI is InChI=1S/C6H12BrOS/c7-5-3-1-2-4-6-9-8/h1-6H2/q+1. The van der Waals surface area contributed by atoms with Crippen molar-refractivity contribution in [3.8, 4) is 0 Å². The zero-order valence-electron chi connectivity index (χ0n) is 5.44. The highest BCUT2D eigenvalue weighted by atomic mass is 79.9. The van der Waals surface area contributed by atoms with E-state index >= 15 is 0 Å². The summed E-state index contributed by atoms with van der Waals surface area (Å²) in [5.74, 6) is 0.780. The van der Waals surface area contributed by atoms with Crippen LogP contribution in [0.2, 0.25) is 0 Å². The molecule has 0 aliphatic carbocycles. The van der Waals surface area contributed by atoms with E-state index in [1.165, 1.54) is 19.3 Å². The number of rotatable bonds is 6. The van der Waals surface area contributed by atoms with Crippen LogP contribution in [0.3, 0.4) is 0 Å². The van der Waals surface area contributed by atoms with E-state index in [2.05, 4.69) is 15.9 Å². The molecule has 0 unspecified atom stereocenters. The van der Waals surface area contributed by atoms with Gasteiger partial charge in [-0.1, -0.05) is 22.4 Å². The van der Waals surface area contributed by atoms with Gasteiger partial charge in [0.2, 0.25) is 5.75 Å². The molecule has 0 spiro atoms. The first-order chi connectivity index (χ1) is 4.41. The Morgan fingerprint density at radius 3 is 2.33 bits per heavy atom. The van der Waals surface area contributed by atoms with Gasteiger partial charge in [-0.05, 0) is 12.8 Å². The fourth-order valence-corrected chi connectivity index (χ4v) is 1.33. The molecule has 0 heterocycles. The Morgan fingerprint density at radius 2 is 1.78 bits per heavy atom. The van der Waals surface area contributed by atoms with Gasteiger partial charge in [-0.15, -0.1) is 0 Å². The van der Waals surface area contributed by atoms with E-state index in [4.69, 9.17) is 0 Å². The molecule has 54 valence electrons. The lowest BCUT2D eigenvalue weighted by molar-refractivity contribution is 0.601. The van der Waals surface area contributed by atoms with Crippen LogP contribution in [0.5, 0.6) is 0 Å². The number of hydrogen-bond donors (Lipinski definition) is 0. The van der Waals surface area contributed by atoms with E-state index < -0.39 is 0 Å². The minimum atomic E-state index is 0.698. The van der Waals surface area contributed by atoms with Crippen molar-refractivity contribution in [1.29, 1.82) is 0 Å². The average Bonchev–Trinajstić information content (AvgIpc) is 1.89. The van der Waals surface area contributed by atoms with E-state index in [1.54, 1.807) is 0 Å². The maximum Gasteiger partial charge on any atom is 0.458 e. The molecule has 0 saturated carbocycles.